The fourth-order valence-electron chi connectivity index (χ4n) is 2.26. The Morgan fingerprint density at radius 1 is 1.27 bits per heavy atom. The zero-order valence-electron chi connectivity index (χ0n) is 8.95. The van der Waals surface area contributed by atoms with Crippen LogP contribution in [0.5, 0.6) is 0 Å². The summed E-state index contributed by atoms with van der Waals surface area (Å²) in [6.07, 6.45) is 7.53. The van der Waals surface area contributed by atoms with Crippen molar-refractivity contribution in [2.75, 3.05) is 11.9 Å². The summed E-state index contributed by atoms with van der Waals surface area (Å²) >= 11 is 0. The van der Waals surface area contributed by atoms with E-state index in [2.05, 4.69) is 10.3 Å². The van der Waals surface area contributed by atoms with E-state index < -0.39 is 0 Å². The second kappa shape index (κ2) is 4.62. The van der Waals surface area contributed by atoms with Crippen molar-refractivity contribution >= 4 is 5.82 Å². The first-order valence-corrected chi connectivity index (χ1v) is 5.65. The first-order valence-electron chi connectivity index (χ1n) is 5.65. The van der Waals surface area contributed by atoms with E-state index in [0.717, 1.165) is 18.7 Å². The molecule has 0 radical (unpaired) electrons. The third-order valence-electron chi connectivity index (χ3n) is 3.17. The number of nitrogens with zero attached hydrogens (tertiary/aromatic N) is 1. The van der Waals surface area contributed by atoms with Gasteiger partial charge in [-0.05, 0) is 25.0 Å². The SMILES string of the molecule is OCC1(Nc2ccccn2)CCCCC1. The minimum absolute atomic E-state index is 0.132. The molecule has 1 saturated carbocycles. The summed E-state index contributed by atoms with van der Waals surface area (Å²) in [5.41, 5.74) is -0.132. The van der Waals surface area contributed by atoms with Crippen LogP contribution in [0.3, 0.4) is 0 Å². The fourth-order valence-corrected chi connectivity index (χ4v) is 2.26. The quantitative estimate of drug-likeness (QED) is 0.796. The molecule has 3 heteroatoms. The Hall–Kier alpha value is -1.09. The van der Waals surface area contributed by atoms with E-state index in [-0.39, 0.29) is 12.1 Å². The third-order valence-corrected chi connectivity index (χ3v) is 3.17. The van der Waals surface area contributed by atoms with Crippen molar-refractivity contribution < 1.29 is 5.11 Å². The minimum atomic E-state index is -0.132. The highest BCUT2D eigenvalue weighted by atomic mass is 16.3. The zero-order chi connectivity index (χ0) is 10.6. The number of hydrogen-bond donors (Lipinski definition) is 2. The summed E-state index contributed by atoms with van der Waals surface area (Å²) in [6, 6.07) is 5.81. The highest BCUT2D eigenvalue weighted by Crippen LogP contribution is 2.30. The number of rotatable bonds is 3. The zero-order valence-corrected chi connectivity index (χ0v) is 8.95. The van der Waals surface area contributed by atoms with Crippen molar-refractivity contribution in [3.05, 3.63) is 24.4 Å². The van der Waals surface area contributed by atoms with Gasteiger partial charge in [-0.1, -0.05) is 25.3 Å². The monoisotopic (exact) mass is 206 g/mol. The number of aliphatic hydroxyl groups excluding tert-OH is 1. The second-order valence-corrected chi connectivity index (χ2v) is 4.34. The van der Waals surface area contributed by atoms with Crippen LogP contribution in [-0.4, -0.2) is 22.2 Å². The molecular formula is C12H18N2O. The van der Waals surface area contributed by atoms with Crippen LogP contribution in [0.15, 0.2) is 24.4 Å². The summed E-state index contributed by atoms with van der Waals surface area (Å²) in [5.74, 6) is 0.869. The molecule has 1 aliphatic rings. The summed E-state index contributed by atoms with van der Waals surface area (Å²) in [7, 11) is 0. The molecule has 2 rings (SSSR count). The Balaban J connectivity index is 2.07. The van der Waals surface area contributed by atoms with E-state index in [1.807, 2.05) is 18.2 Å². The van der Waals surface area contributed by atoms with E-state index in [4.69, 9.17) is 0 Å². The van der Waals surface area contributed by atoms with Gasteiger partial charge < -0.3 is 10.4 Å². The van der Waals surface area contributed by atoms with Gasteiger partial charge in [0.2, 0.25) is 0 Å². The number of pyridine rings is 1. The predicted octanol–water partition coefficient (Wildman–Crippen LogP) is 2.19. The first-order chi connectivity index (χ1) is 7.35. The van der Waals surface area contributed by atoms with Gasteiger partial charge in [0.15, 0.2) is 0 Å². The van der Waals surface area contributed by atoms with Gasteiger partial charge in [0.05, 0.1) is 12.1 Å². The van der Waals surface area contributed by atoms with Crippen LogP contribution >= 0.6 is 0 Å². The Morgan fingerprint density at radius 3 is 2.67 bits per heavy atom. The lowest BCUT2D eigenvalue weighted by atomic mass is 9.82. The van der Waals surface area contributed by atoms with Crippen LogP contribution in [0.1, 0.15) is 32.1 Å². The predicted molar refractivity (Wildman–Crippen MR) is 60.8 cm³/mol. The number of hydrogen-bond acceptors (Lipinski definition) is 3. The number of aromatic nitrogens is 1. The van der Waals surface area contributed by atoms with Crippen LogP contribution in [-0.2, 0) is 0 Å². The van der Waals surface area contributed by atoms with Crippen LogP contribution in [0.4, 0.5) is 5.82 Å². The molecule has 0 saturated heterocycles. The summed E-state index contributed by atoms with van der Waals surface area (Å²) in [5, 5.41) is 12.9. The van der Waals surface area contributed by atoms with E-state index in [0.29, 0.717) is 0 Å². The van der Waals surface area contributed by atoms with Gasteiger partial charge in [-0.15, -0.1) is 0 Å². The van der Waals surface area contributed by atoms with Crippen molar-refractivity contribution in [1.29, 1.82) is 0 Å². The molecule has 15 heavy (non-hydrogen) atoms. The van der Waals surface area contributed by atoms with Crippen LogP contribution < -0.4 is 5.32 Å². The molecule has 3 nitrogen and oxygen atoms in total. The molecule has 0 unspecified atom stereocenters. The average molecular weight is 206 g/mol. The lowest BCUT2D eigenvalue weighted by Crippen LogP contribution is -2.44. The average Bonchev–Trinajstić information content (AvgIpc) is 2.32. The van der Waals surface area contributed by atoms with Crippen LogP contribution in [0.25, 0.3) is 0 Å². The van der Waals surface area contributed by atoms with Crippen molar-refractivity contribution in [3.8, 4) is 0 Å². The Labute approximate surface area is 90.5 Å². The highest BCUT2D eigenvalue weighted by molar-refractivity contribution is 5.37. The van der Waals surface area contributed by atoms with Crippen LogP contribution in [0, 0.1) is 0 Å². The molecule has 1 fully saturated rings. The van der Waals surface area contributed by atoms with Crippen LogP contribution in [0.2, 0.25) is 0 Å². The molecule has 1 aliphatic carbocycles. The third kappa shape index (κ3) is 2.48. The van der Waals surface area contributed by atoms with E-state index >= 15 is 0 Å². The smallest absolute Gasteiger partial charge is 0.126 e. The largest absolute Gasteiger partial charge is 0.394 e. The van der Waals surface area contributed by atoms with Gasteiger partial charge in [0.1, 0.15) is 5.82 Å². The number of aliphatic hydroxyl groups is 1. The number of nitrogens with one attached hydrogen (secondary N) is 1. The fraction of sp³-hybridized carbons (Fsp3) is 0.583. The van der Waals surface area contributed by atoms with E-state index in [1.165, 1.54) is 19.3 Å². The summed E-state index contributed by atoms with van der Waals surface area (Å²) < 4.78 is 0. The minimum Gasteiger partial charge on any atom is -0.394 e. The van der Waals surface area contributed by atoms with E-state index in [1.54, 1.807) is 6.20 Å². The molecule has 0 bridgehead atoms. The standard InChI is InChI=1S/C12H18N2O/c15-10-12(7-3-1-4-8-12)14-11-6-2-5-9-13-11/h2,5-6,9,15H,1,3-4,7-8,10H2,(H,13,14). The lowest BCUT2D eigenvalue weighted by molar-refractivity contribution is 0.172. The van der Waals surface area contributed by atoms with Crippen molar-refractivity contribution in [2.45, 2.75) is 37.6 Å². The van der Waals surface area contributed by atoms with Gasteiger partial charge in [0, 0.05) is 6.20 Å². The second-order valence-electron chi connectivity index (χ2n) is 4.34. The molecule has 1 aromatic rings. The summed E-state index contributed by atoms with van der Waals surface area (Å²) in [4.78, 5) is 4.24. The lowest BCUT2D eigenvalue weighted by Gasteiger charge is -2.36. The molecule has 1 heterocycles. The number of anilines is 1. The van der Waals surface area contributed by atoms with E-state index in [9.17, 15) is 5.11 Å². The van der Waals surface area contributed by atoms with Gasteiger partial charge in [-0.25, -0.2) is 4.98 Å². The maximum absolute atomic E-state index is 9.51. The molecule has 2 N–H and O–H groups in total. The molecule has 0 atom stereocenters. The molecule has 0 amide bonds. The molecule has 1 aromatic heterocycles. The maximum atomic E-state index is 9.51. The first kappa shape index (κ1) is 10.4. The van der Waals surface area contributed by atoms with Crippen molar-refractivity contribution in [1.82, 2.24) is 4.98 Å². The highest BCUT2D eigenvalue weighted by Gasteiger charge is 2.31. The van der Waals surface area contributed by atoms with Gasteiger partial charge in [-0.2, -0.15) is 0 Å². The van der Waals surface area contributed by atoms with Gasteiger partial charge >= 0.3 is 0 Å². The molecule has 0 spiro atoms. The van der Waals surface area contributed by atoms with Crippen molar-refractivity contribution in [2.24, 2.45) is 0 Å². The maximum Gasteiger partial charge on any atom is 0.126 e. The van der Waals surface area contributed by atoms with Crippen molar-refractivity contribution in [3.63, 3.8) is 0 Å². The van der Waals surface area contributed by atoms with Gasteiger partial charge in [0.25, 0.3) is 0 Å². The molecule has 0 aromatic carbocycles. The topological polar surface area (TPSA) is 45.1 Å². The molecular weight excluding hydrogens is 188 g/mol. The summed E-state index contributed by atoms with van der Waals surface area (Å²) in [6.45, 7) is 0.198. The Bertz CT molecular complexity index is 294. The van der Waals surface area contributed by atoms with Gasteiger partial charge in [-0.3, -0.25) is 0 Å². The Morgan fingerprint density at radius 2 is 2.07 bits per heavy atom. The normalized spacial score (nSPS) is 19.8. The molecule has 82 valence electrons. The Kier molecular flexibility index (Phi) is 3.21. The molecule has 0 aliphatic heterocycles.